The summed E-state index contributed by atoms with van der Waals surface area (Å²) < 4.78 is 5.24. The molecule has 0 radical (unpaired) electrons. The number of ether oxygens (including phenoxy) is 1. The Balaban J connectivity index is 2.02. The number of aromatic nitrogens is 1. The van der Waals surface area contributed by atoms with Gasteiger partial charge in [0.2, 0.25) is 0 Å². The molecule has 25 heavy (non-hydrogen) atoms. The number of carbonyl (C=O) groups excluding carboxylic acids is 1. The van der Waals surface area contributed by atoms with Gasteiger partial charge in [-0.05, 0) is 43.0 Å². The van der Waals surface area contributed by atoms with E-state index in [0.717, 1.165) is 16.8 Å². The lowest BCUT2D eigenvalue weighted by atomic mass is 9.90. The fourth-order valence-corrected chi connectivity index (χ4v) is 3.76. The standard InChI is InChI=1S/C19H21ClN2O3/c1-10-7-12(3)21-18(23)14(10)9-22-8-11(2)13-5-6-15(25-4)17(20)16(13)19(22)24/h5-7,11H,8-9H2,1-4H3,(H,21,23). The van der Waals surface area contributed by atoms with Crippen LogP contribution in [0.1, 0.15) is 45.6 Å². The number of amides is 1. The largest absolute Gasteiger partial charge is 0.495 e. The van der Waals surface area contributed by atoms with Crippen molar-refractivity contribution in [2.24, 2.45) is 0 Å². The maximum atomic E-state index is 13.0. The van der Waals surface area contributed by atoms with E-state index in [4.69, 9.17) is 16.3 Å². The molecule has 6 heteroatoms. The SMILES string of the molecule is COc1ccc2c(c1Cl)C(=O)N(Cc1c(C)cc(C)[nH]c1=O)CC2C. The number of aryl methyl sites for hydroxylation is 2. The summed E-state index contributed by atoms with van der Waals surface area (Å²) in [6, 6.07) is 5.60. The monoisotopic (exact) mass is 360 g/mol. The molecule has 0 spiro atoms. The van der Waals surface area contributed by atoms with Crippen LogP contribution in [0.25, 0.3) is 0 Å². The normalized spacial score (nSPS) is 16.8. The fraction of sp³-hybridized carbons (Fsp3) is 0.368. The van der Waals surface area contributed by atoms with E-state index < -0.39 is 0 Å². The molecule has 3 rings (SSSR count). The van der Waals surface area contributed by atoms with E-state index in [1.807, 2.05) is 32.9 Å². The van der Waals surface area contributed by atoms with Crippen LogP contribution >= 0.6 is 11.6 Å². The number of H-pyrrole nitrogens is 1. The van der Waals surface area contributed by atoms with Gasteiger partial charge in [-0.3, -0.25) is 9.59 Å². The molecule has 0 aliphatic carbocycles. The Labute approximate surface area is 151 Å². The number of aromatic amines is 1. The quantitative estimate of drug-likeness (QED) is 0.912. The zero-order valence-corrected chi connectivity index (χ0v) is 15.5. The van der Waals surface area contributed by atoms with E-state index >= 15 is 0 Å². The minimum atomic E-state index is -0.170. The average Bonchev–Trinajstić information content (AvgIpc) is 2.55. The second kappa shape index (κ2) is 6.56. The smallest absolute Gasteiger partial charge is 0.256 e. The number of hydrogen-bond donors (Lipinski definition) is 1. The highest BCUT2D eigenvalue weighted by Gasteiger charge is 2.32. The van der Waals surface area contributed by atoms with Gasteiger partial charge in [-0.2, -0.15) is 0 Å². The van der Waals surface area contributed by atoms with Gasteiger partial charge >= 0.3 is 0 Å². The van der Waals surface area contributed by atoms with Gasteiger partial charge < -0.3 is 14.6 Å². The molecule has 0 saturated heterocycles. The summed E-state index contributed by atoms with van der Waals surface area (Å²) >= 11 is 6.40. The van der Waals surface area contributed by atoms with Crippen LogP contribution in [0.3, 0.4) is 0 Å². The lowest BCUT2D eigenvalue weighted by Crippen LogP contribution is -2.40. The molecule has 2 aromatic rings. The summed E-state index contributed by atoms with van der Waals surface area (Å²) in [6.45, 7) is 6.58. The fourth-order valence-electron chi connectivity index (χ4n) is 3.43. The van der Waals surface area contributed by atoms with E-state index in [1.165, 1.54) is 7.11 Å². The Morgan fingerprint density at radius 3 is 2.68 bits per heavy atom. The van der Waals surface area contributed by atoms with Crippen molar-refractivity contribution in [1.29, 1.82) is 0 Å². The lowest BCUT2D eigenvalue weighted by molar-refractivity contribution is 0.0710. The van der Waals surface area contributed by atoms with Crippen molar-refractivity contribution in [3.8, 4) is 5.75 Å². The third kappa shape index (κ3) is 3.04. The topological polar surface area (TPSA) is 62.4 Å². The summed E-state index contributed by atoms with van der Waals surface area (Å²) in [6.07, 6.45) is 0. The molecule has 5 nitrogen and oxygen atoms in total. The average molecular weight is 361 g/mol. The molecule has 2 heterocycles. The van der Waals surface area contributed by atoms with Crippen molar-refractivity contribution in [1.82, 2.24) is 9.88 Å². The van der Waals surface area contributed by atoms with Gasteiger partial charge in [0.15, 0.2) is 0 Å². The van der Waals surface area contributed by atoms with Crippen LogP contribution in [0, 0.1) is 13.8 Å². The van der Waals surface area contributed by atoms with Crippen LogP contribution in [0.4, 0.5) is 0 Å². The Bertz CT molecular complexity index is 904. The zero-order chi connectivity index (χ0) is 18.3. The number of fused-ring (bicyclic) bond motifs is 1. The maximum Gasteiger partial charge on any atom is 0.256 e. The minimum Gasteiger partial charge on any atom is -0.495 e. The highest BCUT2D eigenvalue weighted by atomic mass is 35.5. The molecule has 0 bridgehead atoms. The summed E-state index contributed by atoms with van der Waals surface area (Å²) in [5, 5.41) is 0.330. The van der Waals surface area contributed by atoms with Crippen molar-refractivity contribution in [2.45, 2.75) is 33.2 Å². The predicted molar refractivity (Wildman–Crippen MR) is 97.7 cm³/mol. The van der Waals surface area contributed by atoms with E-state index in [0.29, 0.717) is 28.4 Å². The Hall–Kier alpha value is -2.27. The van der Waals surface area contributed by atoms with Crippen LogP contribution in [-0.4, -0.2) is 29.4 Å². The number of benzene rings is 1. The molecule has 1 atom stereocenters. The molecule has 0 saturated carbocycles. The van der Waals surface area contributed by atoms with Gasteiger partial charge in [0.25, 0.3) is 11.5 Å². The van der Waals surface area contributed by atoms with Gasteiger partial charge in [0.05, 0.1) is 24.2 Å². The third-order valence-electron chi connectivity index (χ3n) is 4.73. The van der Waals surface area contributed by atoms with Crippen molar-refractivity contribution in [3.63, 3.8) is 0 Å². The number of methoxy groups -OCH3 is 1. The van der Waals surface area contributed by atoms with E-state index in [2.05, 4.69) is 4.98 Å². The molecule has 1 unspecified atom stereocenters. The van der Waals surface area contributed by atoms with Crippen LogP contribution in [-0.2, 0) is 6.54 Å². The summed E-state index contributed by atoms with van der Waals surface area (Å²) in [7, 11) is 1.53. The Morgan fingerprint density at radius 1 is 1.32 bits per heavy atom. The molecule has 132 valence electrons. The highest BCUT2D eigenvalue weighted by Crippen LogP contribution is 2.38. The predicted octanol–water partition coefficient (Wildman–Crippen LogP) is 3.41. The molecule has 1 aromatic carbocycles. The van der Waals surface area contributed by atoms with Crippen LogP contribution in [0.2, 0.25) is 5.02 Å². The first-order valence-corrected chi connectivity index (χ1v) is 8.56. The van der Waals surface area contributed by atoms with E-state index in [9.17, 15) is 9.59 Å². The first kappa shape index (κ1) is 17.5. The third-order valence-corrected chi connectivity index (χ3v) is 5.10. The van der Waals surface area contributed by atoms with Gasteiger partial charge in [-0.1, -0.05) is 24.6 Å². The number of rotatable bonds is 3. The molecule has 1 aliphatic rings. The maximum absolute atomic E-state index is 13.0. The second-order valence-corrected chi connectivity index (χ2v) is 6.95. The summed E-state index contributed by atoms with van der Waals surface area (Å²) in [5.74, 6) is 0.435. The molecular weight excluding hydrogens is 340 g/mol. The van der Waals surface area contributed by atoms with Gasteiger partial charge in [0.1, 0.15) is 5.75 Å². The Morgan fingerprint density at radius 2 is 2.04 bits per heavy atom. The molecule has 0 fully saturated rings. The molecule has 1 aromatic heterocycles. The summed E-state index contributed by atoms with van der Waals surface area (Å²) in [4.78, 5) is 29.8. The highest BCUT2D eigenvalue weighted by molar-refractivity contribution is 6.35. The minimum absolute atomic E-state index is 0.126. The first-order valence-electron chi connectivity index (χ1n) is 8.18. The summed E-state index contributed by atoms with van der Waals surface area (Å²) in [5.41, 5.74) is 3.53. The number of nitrogens with one attached hydrogen (secondary N) is 1. The van der Waals surface area contributed by atoms with Gasteiger partial charge in [0, 0.05) is 17.8 Å². The Kier molecular flexibility index (Phi) is 4.60. The van der Waals surface area contributed by atoms with E-state index in [-0.39, 0.29) is 23.9 Å². The number of pyridine rings is 1. The second-order valence-electron chi connectivity index (χ2n) is 6.58. The molecule has 1 amide bonds. The van der Waals surface area contributed by atoms with Crippen molar-refractivity contribution >= 4 is 17.5 Å². The van der Waals surface area contributed by atoms with Gasteiger partial charge in [-0.15, -0.1) is 0 Å². The van der Waals surface area contributed by atoms with E-state index in [1.54, 1.807) is 11.0 Å². The number of nitrogens with zero attached hydrogens (tertiary/aromatic N) is 1. The molecular formula is C19H21ClN2O3. The first-order chi connectivity index (χ1) is 11.8. The molecule has 1 N–H and O–H groups in total. The number of halogens is 1. The van der Waals surface area contributed by atoms with Crippen molar-refractivity contribution in [2.75, 3.05) is 13.7 Å². The van der Waals surface area contributed by atoms with Crippen molar-refractivity contribution < 1.29 is 9.53 Å². The number of hydrogen-bond acceptors (Lipinski definition) is 3. The van der Waals surface area contributed by atoms with Crippen molar-refractivity contribution in [3.05, 3.63) is 61.5 Å². The van der Waals surface area contributed by atoms with Crippen LogP contribution < -0.4 is 10.3 Å². The van der Waals surface area contributed by atoms with Crippen LogP contribution in [0.15, 0.2) is 23.0 Å². The molecule has 1 aliphatic heterocycles. The zero-order valence-electron chi connectivity index (χ0n) is 14.8. The van der Waals surface area contributed by atoms with Gasteiger partial charge in [-0.25, -0.2) is 0 Å². The number of carbonyl (C=O) groups is 1. The van der Waals surface area contributed by atoms with Crippen LogP contribution in [0.5, 0.6) is 5.75 Å². The lowest BCUT2D eigenvalue weighted by Gasteiger charge is -2.33.